The largest absolute Gasteiger partial charge is 0.506 e. The molecule has 0 atom stereocenters. The molecule has 0 amide bonds. The maximum absolute atomic E-state index is 14.0. The highest BCUT2D eigenvalue weighted by Gasteiger charge is 2.06. The molecule has 0 bridgehead atoms. The van der Waals surface area contributed by atoms with Crippen molar-refractivity contribution in [3.8, 4) is 17.4 Å². The first kappa shape index (κ1) is 17.5. The highest BCUT2D eigenvalue weighted by Crippen LogP contribution is 2.25. The zero-order valence-electron chi connectivity index (χ0n) is 13.2. The van der Waals surface area contributed by atoms with Gasteiger partial charge in [0.15, 0.2) is 11.6 Å². The van der Waals surface area contributed by atoms with E-state index in [1.54, 1.807) is 6.07 Å². The van der Waals surface area contributed by atoms with Crippen LogP contribution in [0.1, 0.15) is 25.3 Å². The summed E-state index contributed by atoms with van der Waals surface area (Å²) in [7, 11) is 0. The third-order valence-electron chi connectivity index (χ3n) is 3.05. The minimum Gasteiger partial charge on any atom is -0.506 e. The summed E-state index contributed by atoms with van der Waals surface area (Å²) in [6, 6.07) is 7.10. The lowest BCUT2D eigenvalue weighted by Gasteiger charge is -2.06. The molecular formula is C18H18FNO4. The molecule has 0 radical (unpaired) electrons. The number of carbonyl (C=O) groups is 1. The van der Waals surface area contributed by atoms with Crippen molar-refractivity contribution in [2.45, 2.75) is 19.8 Å². The van der Waals surface area contributed by atoms with Crippen LogP contribution in [0.15, 0.2) is 42.6 Å². The summed E-state index contributed by atoms with van der Waals surface area (Å²) in [6.07, 6.45) is 5.69. The molecule has 24 heavy (non-hydrogen) atoms. The van der Waals surface area contributed by atoms with Crippen molar-refractivity contribution in [2.24, 2.45) is 0 Å². The van der Waals surface area contributed by atoms with Gasteiger partial charge in [-0.2, -0.15) is 0 Å². The van der Waals surface area contributed by atoms with Crippen LogP contribution < -0.4 is 4.74 Å². The van der Waals surface area contributed by atoms with Crippen LogP contribution in [0.3, 0.4) is 0 Å². The van der Waals surface area contributed by atoms with E-state index < -0.39 is 11.8 Å². The number of halogens is 1. The van der Waals surface area contributed by atoms with E-state index in [4.69, 9.17) is 14.6 Å². The van der Waals surface area contributed by atoms with Crippen molar-refractivity contribution in [1.29, 1.82) is 0 Å². The van der Waals surface area contributed by atoms with Crippen LogP contribution in [0.2, 0.25) is 0 Å². The first-order valence-electron chi connectivity index (χ1n) is 7.55. The highest BCUT2D eigenvalue weighted by atomic mass is 19.1. The molecule has 2 rings (SSSR count). The molecule has 0 saturated heterocycles. The molecule has 0 saturated carbocycles. The number of rotatable bonds is 7. The number of benzene rings is 1. The molecule has 5 nitrogen and oxygen atoms in total. The van der Waals surface area contributed by atoms with Gasteiger partial charge in [0, 0.05) is 12.1 Å². The molecule has 126 valence electrons. The Morgan fingerprint density at radius 2 is 2.17 bits per heavy atom. The number of unbranched alkanes of at least 4 members (excludes halogenated alkanes) is 1. The monoisotopic (exact) mass is 331 g/mol. The molecule has 0 fully saturated rings. The molecule has 1 heterocycles. The summed E-state index contributed by atoms with van der Waals surface area (Å²) >= 11 is 0. The van der Waals surface area contributed by atoms with E-state index in [0.29, 0.717) is 12.2 Å². The third-order valence-corrected chi connectivity index (χ3v) is 3.05. The lowest BCUT2D eigenvalue weighted by atomic mass is 10.2. The Balaban J connectivity index is 1.98. The van der Waals surface area contributed by atoms with Gasteiger partial charge in [-0.05, 0) is 36.3 Å². The van der Waals surface area contributed by atoms with Crippen LogP contribution in [0.25, 0.3) is 6.08 Å². The number of nitrogens with zero attached hydrogens (tertiary/aromatic N) is 1. The van der Waals surface area contributed by atoms with Crippen LogP contribution in [0.4, 0.5) is 4.39 Å². The fourth-order valence-corrected chi connectivity index (χ4v) is 1.78. The SMILES string of the molecule is CCCCOC(=O)C=Cc1ccc(Oc2ccc(O)cn2)c(F)c1. The second kappa shape index (κ2) is 8.67. The molecule has 6 heteroatoms. The number of pyridine rings is 1. The summed E-state index contributed by atoms with van der Waals surface area (Å²) in [5.41, 5.74) is 0.506. The molecule has 2 aromatic rings. The van der Waals surface area contributed by atoms with Gasteiger partial charge in [-0.25, -0.2) is 14.2 Å². The van der Waals surface area contributed by atoms with E-state index in [-0.39, 0.29) is 17.4 Å². The zero-order valence-corrected chi connectivity index (χ0v) is 13.2. The Morgan fingerprint density at radius 1 is 1.33 bits per heavy atom. The molecule has 1 aromatic carbocycles. The molecule has 0 aliphatic heterocycles. The standard InChI is InChI=1S/C18H18FNO4/c1-2-3-10-23-18(22)9-5-13-4-7-16(15(19)11-13)24-17-8-6-14(21)12-20-17/h4-9,11-12,21H,2-3,10H2,1H3. The summed E-state index contributed by atoms with van der Waals surface area (Å²) in [5.74, 6) is -0.900. The summed E-state index contributed by atoms with van der Waals surface area (Å²) in [5, 5.41) is 9.15. The van der Waals surface area contributed by atoms with Crippen LogP contribution in [0.5, 0.6) is 17.4 Å². The maximum Gasteiger partial charge on any atom is 0.330 e. The van der Waals surface area contributed by atoms with Crippen molar-refractivity contribution in [1.82, 2.24) is 4.98 Å². The maximum atomic E-state index is 14.0. The Morgan fingerprint density at radius 3 is 2.83 bits per heavy atom. The second-order valence-corrected chi connectivity index (χ2v) is 5.00. The fraction of sp³-hybridized carbons (Fsp3) is 0.222. The predicted octanol–water partition coefficient (Wildman–Crippen LogP) is 4.08. The van der Waals surface area contributed by atoms with Crippen molar-refractivity contribution < 1.29 is 23.8 Å². The Hall–Kier alpha value is -2.89. The molecule has 0 aliphatic carbocycles. The normalized spacial score (nSPS) is 10.8. The highest BCUT2D eigenvalue weighted by molar-refractivity contribution is 5.87. The van der Waals surface area contributed by atoms with Crippen LogP contribution in [-0.4, -0.2) is 22.7 Å². The van der Waals surface area contributed by atoms with Crippen molar-refractivity contribution >= 4 is 12.0 Å². The lowest BCUT2D eigenvalue weighted by Crippen LogP contribution is -2.01. The summed E-state index contributed by atoms with van der Waals surface area (Å²) < 4.78 is 24.3. The molecule has 1 N–H and O–H groups in total. The van der Waals surface area contributed by atoms with Gasteiger partial charge < -0.3 is 14.6 Å². The van der Waals surface area contributed by atoms with E-state index in [9.17, 15) is 9.18 Å². The van der Waals surface area contributed by atoms with Gasteiger partial charge in [0.25, 0.3) is 0 Å². The topological polar surface area (TPSA) is 68.7 Å². The third kappa shape index (κ3) is 5.39. The summed E-state index contributed by atoms with van der Waals surface area (Å²) in [6.45, 7) is 2.38. The lowest BCUT2D eigenvalue weighted by molar-refractivity contribution is -0.137. The van der Waals surface area contributed by atoms with Gasteiger partial charge in [-0.1, -0.05) is 19.4 Å². The van der Waals surface area contributed by atoms with Gasteiger partial charge in [0.1, 0.15) is 5.75 Å². The average molecular weight is 331 g/mol. The molecule has 1 aromatic heterocycles. The number of ether oxygens (including phenoxy) is 2. The fourth-order valence-electron chi connectivity index (χ4n) is 1.78. The van der Waals surface area contributed by atoms with Gasteiger partial charge in [0.2, 0.25) is 5.88 Å². The van der Waals surface area contributed by atoms with Crippen molar-refractivity contribution in [3.63, 3.8) is 0 Å². The molecule has 0 unspecified atom stereocenters. The summed E-state index contributed by atoms with van der Waals surface area (Å²) in [4.78, 5) is 15.3. The van der Waals surface area contributed by atoms with E-state index in [2.05, 4.69) is 4.98 Å². The first-order valence-corrected chi connectivity index (χ1v) is 7.55. The smallest absolute Gasteiger partial charge is 0.330 e. The van der Waals surface area contributed by atoms with Crippen LogP contribution in [0, 0.1) is 5.82 Å². The van der Waals surface area contributed by atoms with E-state index in [0.717, 1.165) is 12.8 Å². The Kier molecular flexibility index (Phi) is 6.31. The van der Waals surface area contributed by atoms with Gasteiger partial charge in [-0.3, -0.25) is 0 Å². The quantitative estimate of drug-likeness (QED) is 0.470. The number of hydrogen-bond acceptors (Lipinski definition) is 5. The van der Waals surface area contributed by atoms with Crippen LogP contribution in [-0.2, 0) is 9.53 Å². The Labute approximate surface area is 139 Å². The second-order valence-electron chi connectivity index (χ2n) is 5.00. The van der Waals surface area contributed by atoms with Gasteiger partial charge in [0.05, 0.1) is 12.8 Å². The molecular weight excluding hydrogens is 313 g/mol. The minimum absolute atomic E-state index is 0.00383. The molecule has 0 spiro atoms. The van der Waals surface area contributed by atoms with Crippen molar-refractivity contribution in [2.75, 3.05) is 6.61 Å². The first-order chi connectivity index (χ1) is 11.6. The Bertz CT molecular complexity index is 713. The number of aromatic hydroxyl groups is 1. The van der Waals surface area contributed by atoms with E-state index >= 15 is 0 Å². The molecule has 0 aliphatic rings. The predicted molar refractivity (Wildman–Crippen MR) is 87.3 cm³/mol. The van der Waals surface area contributed by atoms with Gasteiger partial charge in [-0.15, -0.1) is 0 Å². The van der Waals surface area contributed by atoms with E-state index in [1.807, 2.05) is 6.92 Å². The van der Waals surface area contributed by atoms with Gasteiger partial charge >= 0.3 is 5.97 Å². The number of hydrogen-bond donors (Lipinski definition) is 1. The number of aromatic nitrogens is 1. The van der Waals surface area contributed by atoms with Crippen LogP contribution >= 0.6 is 0 Å². The van der Waals surface area contributed by atoms with E-state index in [1.165, 1.54) is 42.6 Å². The average Bonchev–Trinajstić information content (AvgIpc) is 2.57. The minimum atomic E-state index is -0.591. The number of carbonyl (C=O) groups excluding carboxylic acids is 1. The zero-order chi connectivity index (χ0) is 17.4. The number of esters is 1. The van der Waals surface area contributed by atoms with Crippen molar-refractivity contribution in [3.05, 3.63) is 54.0 Å².